The van der Waals surface area contributed by atoms with Gasteiger partial charge in [-0.1, -0.05) is 18.7 Å². The Balaban J connectivity index is 0. The van der Waals surface area contributed by atoms with Crippen LogP contribution in [0.15, 0.2) is 0 Å². The van der Waals surface area contributed by atoms with Gasteiger partial charge in [-0.15, -0.1) is 0 Å². The molecular formula is C4H8ClNa. The third-order valence-electron chi connectivity index (χ3n) is 0.443. The maximum Gasteiger partial charge on any atom is 1.00 e. The van der Waals surface area contributed by atoms with E-state index in [2.05, 4.69) is 6.92 Å². The van der Waals surface area contributed by atoms with E-state index in [4.69, 9.17) is 11.6 Å². The first-order chi connectivity index (χ1) is 2.27. The standard InChI is InChI=1S/C4H8Cl.Na/c1-3-4(2)5;/h4H,2-3H2,1H3;/q-1;+1. The summed E-state index contributed by atoms with van der Waals surface area (Å²) in [6.45, 7) is 5.53. The SMILES string of the molecule is [CH2-]C(Cl)CC.[Na+]. The first kappa shape index (κ1) is 10.3. The predicted octanol–water partition coefficient (Wildman–Crippen LogP) is -1.16. The summed E-state index contributed by atoms with van der Waals surface area (Å²) >= 11 is 5.35. The van der Waals surface area contributed by atoms with Gasteiger partial charge in [-0.3, -0.25) is 0 Å². The van der Waals surface area contributed by atoms with Crippen LogP contribution in [0, 0.1) is 6.92 Å². The molecule has 0 bridgehead atoms. The van der Waals surface area contributed by atoms with E-state index in [1.165, 1.54) is 0 Å². The van der Waals surface area contributed by atoms with Crippen LogP contribution in [0.3, 0.4) is 0 Å². The van der Waals surface area contributed by atoms with Gasteiger partial charge in [-0.25, -0.2) is 0 Å². The van der Waals surface area contributed by atoms with Gasteiger partial charge in [0.1, 0.15) is 0 Å². The molecule has 0 saturated heterocycles. The summed E-state index contributed by atoms with van der Waals surface area (Å²) in [5.74, 6) is 0. The zero-order valence-corrected chi connectivity index (χ0v) is 7.13. The fourth-order valence-electron chi connectivity index (χ4n) is 0. The molecule has 0 aromatic rings. The zero-order chi connectivity index (χ0) is 4.28. The van der Waals surface area contributed by atoms with Crippen LogP contribution >= 0.6 is 11.6 Å². The third kappa shape index (κ3) is 8.99. The van der Waals surface area contributed by atoms with Crippen molar-refractivity contribution >= 4 is 11.6 Å². The van der Waals surface area contributed by atoms with Crippen molar-refractivity contribution in [1.29, 1.82) is 0 Å². The van der Waals surface area contributed by atoms with Gasteiger partial charge in [-0.2, -0.15) is 11.6 Å². The third-order valence-corrected chi connectivity index (χ3v) is 0.752. The van der Waals surface area contributed by atoms with E-state index >= 15 is 0 Å². The minimum atomic E-state index is 0. The maximum absolute atomic E-state index is 5.35. The van der Waals surface area contributed by atoms with Gasteiger partial charge in [0.15, 0.2) is 0 Å². The first-order valence-corrected chi connectivity index (χ1v) is 2.18. The molecule has 0 N–H and O–H groups in total. The van der Waals surface area contributed by atoms with Crippen molar-refractivity contribution in [2.24, 2.45) is 0 Å². The number of halogens is 1. The molecule has 0 aliphatic carbocycles. The van der Waals surface area contributed by atoms with Crippen molar-refractivity contribution in [3.63, 3.8) is 0 Å². The Kier molecular flexibility index (Phi) is 10.8. The minimum Gasteiger partial charge on any atom is -0.326 e. The molecule has 0 radical (unpaired) electrons. The summed E-state index contributed by atoms with van der Waals surface area (Å²) in [4.78, 5) is 0. The molecule has 0 rings (SSSR count). The predicted molar refractivity (Wildman–Crippen MR) is 25.3 cm³/mol. The van der Waals surface area contributed by atoms with E-state index in [1.54, 1.807) is 0 Å². The minimum absolute atomic E-state index is 0. The zero-order valence-electron chi connectivity index (χ0n) is 4.37. The van der Waals surface area contributed by atoms with Crippen molar-refractivity contribution < 1.29 is 29.6 Å². The molecule has 0 aromatic carbocycles. The van der Waals surface area contributed by atoms with Crippen LogP contribution in [-0.2, 0) is 0 Å². The molecule has 1 unspecified atom stereocenters. The number of rotatable bonds is 1. The topological polar surface area (TPSA) is 0 Å². The molecule has 0 aliphatic heterocycles. The molecule has 6 heavy (non-hydrogen) atoms. The average Bonchev–Trinajstić information content (AvgIpc) is 1.38. The van der Waals surface area contributed by atoms with Crippen LogP contribution < -0.4 is 29.6 Å². The molecule has 0 fully saturated rings. The van der Waals surface area contributed by atoms with Crippen molar-refractivity contribution in [2.45, 2.75) is 18.7 Å². The van der Waals surface area contributed by atoms with E-state index in [1.807, 2.05) is 6.92 Å². The van der Waals surface area contributed by atoms with Crippen LogP contribution in [0.2, 0.25) is 0 Å². The second-order valence-electron chi connectivity index (χ2n) is 1.01. The fraction of sp³-hybridized carbons (Fsp3) is 0.750. The van der Waals surface area contributed by atoms with Crippen molar-refractivity contribution in [1.82, 2.24) is 0 Å². The summed E-state index contributed by atoms with van der Waals surface area (Å²) in [5, 5.41) is 0.106. The molecule has 1 atom stereocenters. The van der Waals surface area contributed by atoms with E-state index in [0.29, 0.717) is 0 Å². The van der Waals surface area contributed by atoms with E-state index in [0.717, 1.165) is 6.42 Å². The van der Waals surface area contributed by atoms with Gasteiger partial charge < -0.3 is 6.92 Å². The summed E-state index contributed by atoms with van der Waals surface area (Å²) < 4.78 is 0. The Hall–Kier alpha value is 1.29. The largest absolute Gasteiger partial charge is 1.00 e. The summed E-state index contributed by atoms with van der Waals surface area (Å²) in [7, 11) is 0. The van der Waals surface area contributed by atoms with Gasteiger partial charge in [0.05, 0.1) is 0 Å². The normalized spacial score (nSPS) is 12.5. The van der Waals surface area contributed by atoms with Crippen molar-refractivity contribution in [2.75, 3.05) is 0 Å². The Labute approximate surface area is 66.6 Å². The molecule has 0 amide bonds. The molecule has 2 heteroatoms. The van der Waals surface area contributed by atoms with Crippen LogP contribution in [0.25, 0.3) is 0 Å². The molecule has 0 spiro atoms. The van der Waals surface area contributed by atoms with Gasteiger partial charge >= 0.3 is 29.6 Å². The maximum atomic E-state index is 5.35. The van der Waals surface area contributed by atoms with Gasteiger partial charge in [-0.05, 0) is 0 Å². The Morgan fingerprint density at radius 2 is 2.00 bits per heavy atom. The van der Waals surface area contributed by atoms with Crippen LogP contribution in [-0.4, -0.2) is 5.38 Å². The number of hydrogen-bond acceptors (Lipinski definition) is 0. The van der Waals surface area contributed by atoms with Gasteiger partial charge in [0, 0.05) is 0 Å². The van der Waals surface area contributed by atoms with E-state index in [9.17, 15) is 0 Å². The molecule has 32 valence electrons. The van der Waals surface area contributed by atoms with E-state index in [-0.39, 0.29) is 34.9 Å². The molecule has 0 aliphatic rings. The summed E-state index contributed by atoms with van der Waals surface area (Å²) in [5.41, 5.74) is 0. The summed E-state index contributed by atoms with van der Waals surface area (Å²) in [6, 6.07) is 0. The monoisotopic (exact) mass is 114 g/mol. The van der Waals surface area contributed by atoms with Crippen LogP contribution in [0.5, 0.6) is 0 Å². The average molecular weight is 115 g/mol. The first-order valence-electron chi connectivity index (χ1n) is 1.74. The molecule has 0 aromatic heterocycles. The Morgan fingerprint density at radius 1 is 1.83 bits per heavy atom. The van der Waals surface area contributed by atoms with Gasteiger partial charge in [0.25, 0.3) is 0 Å². The fourth-order valence-corrected chi connectivity index (χ4v) is 0. The molecule has 0 saturated carbocycles. The molecule has 0 nitrogen and oxygen atoms in total. The molecule has 0 heterocycles. The number of hydrogen-bond donors (Lipinski definition) is 0. The quantitative estimate of drug-likeness (QED) is 0.229. The summed E-state index contributed by atoms with van der Waals surface area (Å²) in [6.07, 6.45) is 0.960. The second kappa shape index (κ2) is 6.29. The van der Waals surface area contributed by atoms with Gasteiger partial charge in [0.2, 0.25) is 0 Å². The van der Waals surface area contributed by atoms with Crippen LogP contribution in [0.1, 0.15) is 13.3 Å². The van der Waals surface area contributed by atoms with E-state index < -0.39 is 0 Å². The molecular weight excluding hydrogens is 106 g/mol. The van der Waals surface area contributed by atoms with Crippen molar-refractivity contribution in [3.8, 4) is 0 Å². The Morgan fingerprint density at radius 3 is 2.00 bits per heavy atom. The van der Waals surface area contributed by atoms with Crippen molar-refractivity contribution in [3.05, 3.63) is 6.92 Å². The second-order valence-corrected chi connectivity index (χ2v) is 1.62. The Bertz CT molecular complexity index is 21.5. The number of alkyl halides is 1. The van der Waals surface area contributed by atoms with Crippen LogP contribution in [0.4, 0.5) is 0 Å². The smallest absolute Gasteiger partial charge is 0.326 e.